The highest BCUT2D eigenvalue weighted by Gasteiger charge is 2.64. The maximum absolute atomic E-state index is 8.91. The van der Waals surface area contributed by atoms with Gasteiger partial charge in [-0.1, -0.05) is 0 Å². The van der Waals surface area contributed by atoms with Crippen LogP contribution in [0.25, 0.3) is 0 Å². The van der Waals surface area contributed by atoms with E-state index >= 15 is 0 Å². The van der Waals surface area contributed by atoms with Gasteiger partial charge in [0.2, 0.25) is 0 Å². The molecule has 3 heteroatoms. The fourth-order valence-corrected chi connectivity index (χ4v) is 2.16. The topological polar surface area (TPSA) is 55.5 Å². The van der Waals surface area contributed by atoms with E-state index in [1.165, 1.54) is 0 Å². The Morgan fingerprint density at radius 2 is 2.30 bits per heavy atom. The SMILES string of the molecule is CC1OC2(CO)CC1(N)C2. The Bertz CT molecular complexity index is 157. The molecule has 58 valence electrons. The summed E-state index contributed by atoms with van der Waals surface area (Å²) in [5, 5.41) is 8.91. The molecule has 3 aliphatic rings. The van der Waals surface area contributed by atoms with E-state index in [4.69, 9.17) is 15.6 Å². The minimum absolute atomic E-state index is 0.121. The van der Waals surface area contributed by atoms with Crippen molar-refractivity contribution in [3.05, 3.63) is 0 Å². The molecule has 1 unspecified atom stereocenters. The van der Waals surface area contributed by atoms with Crippen molar-refractivity contribution in [3.63, 3.8) is 0 Å². The molecule has 3 nitrogen and oxygen atoms in total. The number of aliphatic hydroxyl groups excluding tert-OH is 1. The summed E-state index contributed by atoms with van der Waals surface area (Å²) >= 11 is 0. The number of aliphatic hydroxyl groups is 1. The first-order chi connectivity index (χ1) is 4.60. The van der Waals surface area contributed by atoms with Crippen molar-refractivity contribution in [2.45, 2.75) is 37.0 Å². The lowest BCUT2D eigenvalue weighted by molar-refractivity contribution is -0.0599. The smallest absolute Gasteiger partial charge is 0.0953 e. The predicted octanol–water partition coefficient (Wildman–Crippen LogP) is -0.373. The van der Waals surface area contributed by atoms with E-state index in [-0.39, 0.29) is 23.9 Å². The van der Waals surface area contributed by atoms with Gasteiger partial charge in [-0.15, -0.1) is 0 Å². The molecule has 2 heterocycles. The molecule has 1 aliphatic carbocycles. The lowest BCUT2D eigenvalue weighted by atomic mass is 9.67. The van der Waals surface area contributed by atoms with Gasteiger partial charge in [0.05, 0.1) is 18.3 Å². The third-order valence-corrected chi connectivity index (χ3v) is 2.83. The van der Waals surface area contributed by atoms with Crippen LogP contribution in [0.15, 0.2) is 0 Å². The molecule has 10 heavy (non-hydrogen) atoms. The van der Waals surface area contributed by atoms with Crippen molar-refractivity contribution in [2.24, 2.45) is 5.73 Å². The molecular formula is C7H13NO2. The Hall–Kier alpha value is -0.120. The van der Waals surface area contributed by atoms with E-state index in [1.807, 2.05) is 6.92 Å². The van der Waals surface area contributed by atoms with Gasteiger partial charge in [0.25, 0.3) is 0 Å². The molecule has 0 aromatic rings. The molecule has 0 amide bonds. The first-order valence-electron chi connectivity index (χ1n) is 3.68. The molecule has 3 N–H and O–H groups in total. The van der Waals surface area contributed by atoms with Crippen LogP contribution < -0.4 is 5.73 Å². The highest BCUT2D eigenvalue weighted by molar-refractivity contribution is 5.18. The molecule has 2 saturated heterocycles. The van der Waals surface area contributed by atoms with Gasteiger partial charge in [-0.2, -0.15) is 0 Å². The largest absolute Gasteiger partial charge is 0.393 e. The highest BCUT2D eigenvalue weighted by atomic mass is 16.5. The molecular weight excluding hydrogens is 130 g/mol. The summed E-state index contributed by atoms with van der Waals surface area (Å²) < 4.78 is 5.50. The zero-order valence-corrected chi connectivity index (χ0v) is 6.13. The van der Waals surface area contributed by atoms with Crippen LogP contribution in [0.1, 0.15) is 19.8 Å². The van der Waals surface area contributed by atoms with Crippen LogP contribution in [-0.2, 0) is 4.74 Å². The van der Waals surface area contributed by atoms with Crippen LogP contribution in [0.4, 0.5) is 0 Å². The van der Waals surface area contributed by atoms with E-state index in [0.29, 0.717) is 0 Å². The summed E-state index contributed by atoms with van der Waals surface area (Å²) in [4.78, 5) is 0. The van der Waals surface area contributed by atoms with Crippen molar-refractivity contribution in [3.8, 4) is 0 Å². The van der Waals surface area contributed by atoms with Crippen molar-refractivity contribution in [1.82, 2.24) is 0 Å². The molecule has 3 rings (SSSR count). The number of rotatable bonds is 1. The second kappa shape index (κ2) is 1.55. The van der Waals surface area contributed by atoms with Gasteiger partial charge in [0, 0.05) is 5.54 Å². The molecule has 0 radical (unpaired) electrons. The lowest BCUT2D eigenvalue weighted by Gasteiger charge is -2.41. The average molecular weight is 143 g/mol. The summed E-state index contributed by atoms with van der Waals surface area (Å²) in [5.74, 6) is 0. The number of hydrogen-bond donors (Lipinski definition) is 2. The van der Waals surface area contributed by atoms with E-state index in [2.05, 4.69) is 0 Å². The third-order valence-electron chi connectivity index (χ3n) is 2.83. The van der Waals surface area contributed by atoms with E-state index in [1.54, 1.807) is 0 Å². The monoisotopic (exact) mass is 143 g/mol. The molecule has 1 atom stereocenters. The minimum atomic E-state index is -0.256. The molecule has 0 spiro atoms. The molecule has 0 aromatic heterocycles. The summed E-state index contributed by atoms with van der Waals surface area (Å²) in [6.07, 6.45) is 1.79. The fraction of sp³-hybridized carbons (Fsp3) is 1.00. The van der Waals surface area contributed by atoms with Gasteiger partial charge in [-0.05, 0) is 19.8 Å². The van der Waals surface area contributed by atoms with E-state index < -0.39 is 0 Å². The van der Waals surface area contributed by atoms with Crippen LogP contribution in [0.2, 0.25) is 0 Å². The van der Waals surface area contributed by atoms with Gasteiger partial charge in [0.1, 0.15) is 0 Å². The second-order valence-electron chi connectivity index (χ2n) is 3.69. The Balaban J connectivity index is 2.17. The lowest BCUT2D eigenvalue weighted by Crippen LogP contribution is -2.58. The van der Waals surface area contributed by atoms with Crippen LogP contribution in [0.3, 0.4) is 0 Å². The van der Waals surface area contributed by atoms with Crippen molar-refractivity contribution < 1.29 is 9.84 Å². The first-order valence-corrected chi connectivity index (χ1v) is 3.68. The van der Waals surface area contributed by atoms with Crippen molar-refractivity contribution in [1.29, 1.82) is 0 Å². The number of hydrogen-bond acceptors (Lipinski definition) is 3. The van der Waals surface area contributed by atoms with E-state index in [9.17, 15) is 0 Å². The van der Waals surface area contributed by atoms with Crippen LogP contribution in [0, 0.1) is 0 Å². The minimum Gasteiger partial charge on any atom is -0.393 e. The standard InChI is InChI=1S/C7H13NO2/c1-5-7(8)2-6(3-7,4-9)10-5/h5,9H,2-4,8H2,1H3. The molecule has 2 bridgehead atoms. The Labute approximate surface area is 60.2 Å². The third kappa shape index (κ3) is 0.557. The Morgan fingerprint density at radius 3 is 2.50 bits per heavy atom. The molecule has 0 aromatic carbocycles. The normalized spacial score (nSPS) is 58.5. The van der Waals surface area contributed by atoms with Crippen molar-refractivity contribution >= 4 is 0 Å². The summed E-state index contributed by atoms with van der Waals surface area (Å²) in [6, 6.07) is 0. The van der Waals surface area contributed by atoms with Gasteiger partial charge in [0.15, 0.2) is 0 Å². The fourth-order valence-electron chi connectivity index (χ4n) is 2.16. The maximum Gasteiger partial charge on any atom is 0.0953 e. The first kappa shape index (κ1) is 6.58. The number of ether oxygens (including phenoxy) is 1. The van der Waals surface area contributed by atoms with Gasteiger partial charge >= 0.3 is 0 Å². The van der Waals surface area contributed by atoms with Gasteiger partial charge < -0.3 is 15.6 Å². The number of nitrogens with two attached hydrogens (primary N) is 1. The zero-order chi connectivity index (χ0) is 7.41. The van der Waals surface area contributed by atoms with E-state index in [0.717, 1.165) is 12.8 Å². The van der Waals surface area contributed by atoms with Crippen LogP contribution in [0.5, 0.6) is 0 Å². The molecule has 1 saturated carbocycles. The second-order valence-corrected chi connectivity index (χ2v) is 3.69. The number of fused-ring (bicyclic) bond motifs is 1. The molecule has 3 fully saturated rings. The predicted molar refractivity (Wildman–Crippen MR) is 36.5 cm³/mol. The summed E-state index contributed by atoms with van der Waals surface area (Å²) in [6.45, 7) is 2.10. The quantitative estimate of drug-likeness (QED) is 0.526. The maximum atomic E-state index is 8.91. The zero-order valence-electron chi connectivity index (χ0n) is 6.13. The van der Waals surface area contributed by atoms with Gasteiger partial charge in [-0.25, -0.2) is 0 Å². The summed E-state index contributed by atoms with van der Waals surface area (Å²) in [5.41, 5.74) is 5.53. The Kier molecular flexibility index (Phi) is 1.02. The summed E-state index contributed by atoms with van der Waals surface area (Å²) in [7, 11) is 0. The highest BCUT2D eigenvalue weighted by Crippen LogP contribution is 2.53. The van der Waals surface area contributed by atoms with Crippen molar-refractivity contribution in [2.75, 3.05) is 6.61 Å². The Morgan fingerprint density at radius 1 is 1.70 bits per heavy atom. The average Bonchev–Trinajstić information content (AvgIpc) is 2.17. The van der Waals surface area contributed by atoms with Crippen LogP contribution in [-0.4, -0.2) is 29.0 Å². The van der Waals surface area contributed by atoms with Crippen LogP contribution >= 0.6 is 0 Å². The molecule has 2 aliphatic heterocycles. The van der Waals surface area contributed by atoms with Gasteiger partial charge in [-0.3, -0.25) is 0 Å².